The highest BCUT2D eigenvalue weighted by Crippen LogP contribution is 2.26. The maximum atomic E-state index is 13.4. The van der Waals surface area contributed by atoms with Gasteiger partial charge in [0, 0.05) is 16.6 Å². The Morgan fingerprint density at radius 2 is 2.09 bits per heavy atom. The first-order chi connectivity index (χ1) is 10.9. The molecule has 0 atom stereocenters. The van der Waals surface area contributed by atoms with Crippen LogP contribution < -0.4 is 10.1 Å². The molecule has 0 radical (unpaired) electrons. The van der Waals surface area contributed by atoms with Gasteiger partial charge >= 0.3 is 5.69 Å². The number of ether oxygens (including phenoxy) is 1. The Morgan fingerprint density at radius 1 is 1.35 bits per heavy atom. The molecule has 0 bridgehead atoms. The summed E-state index contributed by atoms with van der Waals surface area (Å²) in [5.41, 5.74) is -0.262. The topological polar surface area (TPSA) is 81.5 Å². The number of anilines is 1. The van der Waals surface area contributed by atoms with Crippen molar-refractivity contribution in [3.05, 3.63) is 61.8 Å². The summed E-state index contributed by atoms with van der Waals surface area (Å²) in [7, 11) is 0. The third kappa shape index (κ3) is 4.64. The molecule has 2 aromatic rings. The van der Waals surface area contributed by atoms with Gasteiger partial charge in [0.15, 0.2) is 6.61 Å². The summed E-state index contributed by atoms with van der Waals surface area (Å²) in [6.45, 7) is -0.399. The first-order valence-corrected chi connectivity index (χ1v) is 7.35. The lowest BCUT2D eigenvalue weighted by molar-refractivity contribution is -0.387. The number of benzene rings is 2. The Balaban J connectivity index is 1.96. The lowest BCUT2D eigenvalue weighted by atomic mass is 10.3. The second-order valence-corrected chi connectivity index (χ2v) is 5.65. The highest BCUT2D eigenvalue weighted by molar-refractivity contribution is 9.10. The zero-order valence-electron chi connectivity index (χ0n) is 11.4. The van der Waals surface area contributed by atoms with Crippen LogP contribution in [0.1, 0.15) is 0 Å². The van der Waals surface area contributed by atoms with Gasteiger partial charge in [0.2, 0.25) is 5.82 Å². The highest BCUT2D eigenvalue weighted by Gasteiger charge is 2.15. The number of amides is 1. The van der Waals surface area contributed by atoms with Gasteiger partial charge in [-0.2, -0.15) is 4.39 Å². The molecule has 6 nitrogen and oxygen atoms in total. The number of nitro benzene ring substituents is 1. The average molecular weight is 404 g/mol. The van der Waals surface area contributed by atoms with Crippen LogP contribution in [0.4, 0.5) is 15.8 Å². The maximum absolute atomic E-state index is 13.4. The maximum Gasteiger partial charge on any atom is 0.305 e. The van der Waals surface area contributed by atoms with Crippen molar-refractivity contribution in [1.29, 1.82) is 0 Å². The fourth-order valence-electron chi connectivity index (χ4n) is 1.65. The van der Waals surface area contributed by atoms with E-state index in [9.17, 15) is 19.3 Å². The molecule has 0 aromatic heterocycles. The summed E-state index contributed by atoms with van der Waals surface area (Å²) >= 11 is 9.20. The number of nitrogens with zero attached hydrogens (tertiary/aromatic N) is 1. The molecule has 0 heterocycles. The van der Waals surface area contributed by atoms with Crippen molar-refractivity contribution in [2.24, 2.45) is 0 Å². The molecular weight excluding hydrogens is 395 g/mol. The van der Waals surface area contributed by atoms with Gasteiger partial charge in [-0.25, -0.2) is 0 Å². The third-order valence-electron chi connectivity index (χ3n) is 2.69. The Morgan fingerprint density at radius 3 is 2.70 bits per heavy atom. The Hall–Kier alpha value is -2.19. The Bertz CT molecular complexity index is 772. The lowest BCUT2D eigenvalue weighted by Crippen LogP contribution is -2.20. The summed E-state index contributed by atoms with van der Waals surface area (Å²) in [5, 5.41) is 13.4. The SMILES string of the molecule is O=C(COc1ccc([N+](=O)[O-])c(F)c1)Nc1ccc(Br)cc1Cl. The molecule has 2 aromatic carbocycles. The normalized spacial score (nSPS) is 10.2. The van der Waals surface area contributed by atoms with Gasteiger partial charge in [-0.3, -0.25) is 14.9 Å². The quantitative estimate of drug-likeness (QED) is 0.600. The first kappa shape index (κ1) is 17.2. The monoisotopic (exact) mass is 402 g/mol. The summed E-state index contributed by atoms with van der Waals surface area (Å²) < 4.78 is 19.3. The van der Waals surface area contributed by atoms with Crippen molar-refractivity contribution < 1.29 is 18.8 Å². The van der Waals surface area contributed by atoms with Gasteiger partial charge in [-0.1, -0.05) is 27.5 Å². The van der Waals surface area contributed by atoms with Gasteiger partial charge < -0.3 is 10.1 Å². The zero-order chi connectivity index (χ0) is 17.0. The van der Waals surface area contributed by atoms with E-state index in [1.54, 1.807) is 18.2 Å². The number of halogens is 3. The fraction of sp³-hybridized carbons (Fsp3) is 0.0714. The number of carbonyl (C=O) groups excluding carboxylic acids is 1. The van der Waals surface area contributed by atoms with E-state index >= 15 is 0 Å². The van der Waals surface area contributed by atoms with Crippen LogP contribution in [0.5, 0.6) is 5.75 Å². The van der Waals surface area contributed by atoms with Crippen molar-refractivity contribution in [2.75, 3.05) is 11.9 Å². The molecule has 0 spiro atoms. The molecule has 1 N–H and O–H groups in total. The van der Waals surface area contributed by atoms with Crippen LogP contribution in [-0.2, 0) is 4.79 Å². The van der Waals surface area contributed by atoms with E-state index in [0.29, 0.717) is 10.7 Å². The van der Waals surface area contributed by atoms with E-state index in [4.69, 9.17) is 16.3 Å². The van der Waals surface area contributed by atoms with Crippen molar-refractivity contribution >= 4 is 44.8 Å². The molecule has 1 amide bonds. The number of hydrogen-bond donors (Lipinski definition) is 1. The molecule has 0 aliphatic carbocycles. The molecule has 0 saturated carbocycles. The van der Waals surface area contributed by atoms with Crippen LogP contribution in [0, 0.1) is 15.9 Å². The smallest absolute Gasteiger partial charge is 0.305 e. The van der Waals surface area contributed by atoms with Crippen LogP contribution >= 0.6 is 27.5 Å². The number of hydrogen-bond acceptors (Lipinski definition) is 4. The fourth-order valence-corrected chi connectivity index (χ4v) is 2.37. The summed E-state index contributed by atoms with van der Waals surface area (Å²) in [5.74, 6) is -1.54. The number of carbonyl (C=O) groups is 1. The minimum absolute atomic E-state index is 0.00477. The summed E-state index contributed by atoms with van der Waals surface area (Å²) in [4.78, 5) is 21.4. The molecule has 120 valence electrons. The van der Waals surface area contributed by atoms with Crippen LogP contribution in [0.2, 0.25) is 5.02 Å². The Kier molecular flexibility index (Phi) is 5.51. The van der Waals surface area contributed by atoms with E-state index in [1.165, 1.54) is 6.07 Å². The van der Waals surface area contributed by atoms with Gasteiger partial charge in [0.1, 0.15) is 5.75 Å². The molecule has 0 saturated heterocycles. The standard InChI is InChI=1S/C14H9BrClFN2O4/c15-8-1-3-12(10(16)5-8)18-14(20)7-23-9-2-4-13(19(21)22)11(17)6-9/h1-6H,7H2,(H,18,20). The second kappa shape index (κ2) is 7.38. The van der Waals surface area contributed by atoms with Crippen molar-refractivity contribution in [1.82, 2.24) is 0 Å². The number of nitrogens with one attached hydrogen (secondary N) is 1. The summed E-state index contributed by atoms with van der Waals surface area (Å²) in [6.07, 6.45) is 0. The highest BCUT2D eigenvalue weighted by atomic mass is 79.9. The minimum Gasteiger partial charge on any atom is -0.484 e. The van der Waals surface area contributed by atoms with Gasteiger partial charge in [-0.05, 0) is 24.3 Å². The predicted octanol–water partition coefficient (Wildman–Crippen LogP) is 4.17. The minimum atomic E-state index is -1.04. The number of nitro groups is 1. The molecule has 0 fully saturated rings. The molecular formula is C14H9BrClFN2O4. The molecule has 0 unspecified atom stereocenters. The van der Waals surface area contributed by atoms with E-state index in [2.05, 4.69) is 21.2 Å². The van der Waals surface area contributed by atoms with Crippen molar-refractivity contribution in [3.8, 4) is 5.75 Å². The molecule has 23 heavy (non-hydrogen) atoms. The van der Waals surface area contributed by atoms with Gasteiger partial charge in [-0.15, -0.1) is 0 Å². The molecule has 2 rings (SSSR count). The number of rotatable bonds is 5. The van der Waals surface area contributed by atoms with Gasteiger partial charge in [0.05, 0.1) is 15.6 Å². The third-order valence-corrected chi connectivity index (χ3v) is 3.50. The van der Waals surface area contributed by atoms with Crippen LogP contribution in [0.3, 0.4) is 0 Å². The van der Waals surface area contributed by atoms with Crippen LogP contribution in [0.25, 0.3) is 0 Å². The molecule has 0 aliphatic rings. The Labute approximate surface area is 143 Å². The van der Waals surface area contributed by atoms with Crippen molar-refractivity contribution in [3.63, 3.8) is 0 Å². The first-order valence-electron chi connectivity index (χ1n) is 6.18. The van der Waals surface area contributed by atoms with Gasteiger partial charge in [0.25, 0.3) is 5.91 Å². The second-order valence-electron chi connectivity index (χ2n) is 4.33. The lowest BCUT2D eigenvalue weighted by Gasteiger charge is -2.09. The van der Waals surface area contributed by atoms with E-state index in [0.717, 1.165) is 16.6 Å². The van der Waals surface area contributed by atoms with E-state index in [1.807, 2.05) is 0 Å². The molecule has 0 aliphatic heterocycles. The predicted molar refractivity (Wildman–Crippen MR) is 86.3 cm³/mol. The largest absolute Gasteiger partial charge is 0.484 e. The van der Waals surface area contributed by atoms with E-state index in [-0.39, 0.29) is 5.75 Å². The van der Waals surface area contributed by atoms with Crippen molar-refractivity contribution in [2.45, 2.75) is 0 Å². The van der Waals surface area contributed by atoms with Crippen LogP contribution in [-0.4, -0.2) is 17.4 Å². The molecule has 9 heteroatoms. The average Bonchev–Trinajstić information content (AvgIpc) is 2.48. The zero-order valence-corrected chi connectivity index (χ0v) is 13.7. The van der Waals surface area contributed by atoms with E-state index < -0.39 is 28.9 Å². The summed E-state index contributed by atoms with van der Waals surface area (Å²) in [6, 6.07) is 7.95. The van der Waals surface area contributed by atoms with Crippen LogP contribution in [0.15, 0.2) is 40.9 Å².